The Hall–Kier alpha value is -2.29. The van der Waals surface area contributed by atoms with E-state index in [4.69, 9.17) is 4.74 Å². The van der Waals surface area contributed by atoms with Crippen molar-refractivity contribution in [3.05, 3.63) is 65.2 Å². The van der Waals surface area contributed by atoms with Crippen LogP contribution in [0.25, 0.3) is 0 Å². The smallest absolute Gasteiger partial charge is 0.217 e. The molecule has 0 radical (unpaired) electrons. The number of hydrogen-bond acceptors (Lipinski definition) is 2. The predicted octanol–water partition coefficient (Wildman–Crippen LogP) is 3.56. The molecule has 1 amide bonds. The number of benzene rings is 2. The van der Waals surface area contributed by atoms with E-state index in [1.807, 2.05) is 62.4 Å². The van der Waals surface area contributed by atoms with Gasteiger partial charge in [-0.05, 0) is 30.5 Å². The molecule has 2 rings (SSSR count). The first-order chi connectivity index (χ1) is 10.1. The van der Waals surface area contributed by atoms with Crippen LogP contribution in [-0.2, 0) is 4.79 Å². The summed E-state index contributed by atoms with van der Waals surface area (Å²) in [5.74, 6) is 0.831. The Morgan fingerprint density at radius 3 is 2.24 bits per heavy atom. The standard InChI is InChI=1S/C18H21NO2/c1-13-8-7-9-14(2)18(13)21-12-17(19-15(3)20)16-10-5-4-6-11-16/h4-11,17H,12H2,1-3H3,(H,19,20)/t17-/m0/s1. The molecule has 0 unspecified atom stereocenters. The minimum atomic E-state index is -0.150. The van der Waals surface area contributed by atoms with E-state index >= 15 is 0 Å². The lowest BCUT2D eigenvalue weighted by Gasteiger charge is -2.20. The Kier molecular flexibility index (Phi) is 4.99. The van der Waals surface area contributed by atoms with Crippen LogP contribution in [0.5, 0.6) is 5.75 Å². The third-order valence-corrected chi connectivity index (χ3v) is 3.38. The average Bonchev–Trinajstić information content (AvgIpc) is 2.46. The first kappa shape index (κ1) is 15.1. The maximum atomic E-state index is 11.4. The molecule has 0 saturated carbocycles. The summed E-state index contributed by atoms with van der Waals surface area (Å²) in [5.41, 5.74) is 3.24. The van der Waals surface area contributed by atoms with Crippen molar-refractivity contribution >= 4 is 5.91 Å². The average molecular weight is 283 g/mol. The van der Waals surface area contributed by atoms with Crippen LogP contribution in [0, 0.1) is 13.8 Å². The molecule has 3 nitrogen and oxygen atoms in total. The van der Waals surface area contributed by atoms with Gasteiger partial charge in [0.05, 0.1) is 6.04 Å². The van der Waals surface area contributed by atoms with Crippen LogP contribution in [0.3, 0.4) is 0 Å². The van der Waals surface area contributed by atoms with Crippen LogP contribution in [0.15, 0.2) is 48.5 Å². The molecule has 0 fully saturated rings. The van der Waals surface area contributed by atoms with Gasteiger partial charge < -0.3 is 10.1 Å². The molecule has 0 heterocycles. The highest BCUT2D eigenvalue weighted by Gasteiger charge is 2.14. The van der Waals surface area contributed by atoms with Gasteiger partial charge in [-0.1, -0.05) is 48.5 Å². The maximum absolute atomic E-state index is 11.4. The third-order valence-electron chi connectivity index (χ3n) is 3.38. The highest BCUT2D eigenvalue weighted by Crippen LogP contribution is 2.24. The third kappa shape index (κ3) is 4.09. The lowest BCUT2D eigenvalue weighted by Crippen LogP contribution is -2.30. The SMILES string of the molecule is CC(=O)N[C@@H](COc1c(C)cccc1C)c1ccccc1. The van der Waals surface area contributed by atoms with Gasteiger partial charge in [0.1, 0.15) is 12.4 Å². The van der Waals surface area contributed by atoms with Gasteiger partial charge in [-0.3, -0.25) is 4.79 Å². The molecule has 1 N–H and O–H groups in total. The lowest BCUT2D eigenvalue weighted by molar-refractivity contribution is -0.119. The summed E-state index contributed by atoms with van der Waals surface area (Å²) in [6.45, 7) is 5.99. The zero-order valence-electron chi connectivity index (χ0n) is 12.7. The van der Waals surface area contributed by atoms with Crippen LogP contribution < -0.4 is 10.1 Å². The zero-order valence-corrected chi connectivity index (χ0v) is 12.7. The van der Waals surface area contributed by atoms with Crippen molar-refractivity contribution in [3.63, 3.8) is 0 Å². The maximum Gasteiger partial charge on any atom is 0.217 e. The van der Waals surface area contributed by atoms with E-state index in [1.165, 1.54) is 6.92 Å². The molecule has 2 aromatic carbocycles. The van der Waals surface area contributed by atoms with E-state index in [-0.39, 0.29) is 11.9 Å². The second-order valence-electron chi connectivity index (χ2n) is 5.20. The fourth-order valence-corrected chi connectivity index (χ4v) is 2.35. The molecule has 0 aliphatic carbocycles. The molecule has 0 aliphatic heterocycles. The van der Waals surface area contributed by atoms with Gasteiger partial charge in [-0.25, -0.2) is 0 Å². The van der Waals surface area contributed by atoms with Crippen LogP contribution in [0.1, 0.15) is 29.7 Å². The predicted molar refractivity (Wildman–Crippen MR) is 84.4 cm³/mol. The monoisotopic (exact) mass is 283 g/mol. The zero-order chi connectivity index (χ0) is 15.2. The van der Waals surface area contributed by atoms with Crippen molar-refractivity contribution in [2.75, 3.05) is 6.61 Å². The molecule has 21 heavy (non-hydrogen) atoms. The number of hydrogen-bond donors (Lipinski definition) is 1. The van der Waals surface area contributed by atoms with E-state index in [0.717, 1.165) is 22.4 Å². The molecule has 110 valence electrons. The number of amides is 1. The van der Waals surface area contributed by atoms with Gasteiger partial charge >= 0.3 is 0 Å². The minimum Gasteiger partial charge on any atom is -0.491 e. The van der Waals surface area contributed by atoms with Gasteiger partial charge in [-0.15, -0.1) is 0 Å². The fourth-order valence-electron chi connectivity index (χ4n) is 2.35. The fraction of sp³-hybridized carbons (Fsp3) is 0.278. The van der Waals surface area contributed by atoms with Crippen LogP contribution in [0.2, 0.25) is 0 Å². The quantitative estimate of drug-likeness (QED) is 0.911. The topological polar surface area (TPSA) is 38.3 Å². The Morgan fingerprint density at radius 1 is 1.05 bits per heavy atom. The van der Waals surface area contributed by atoms with E-state index in [1.54, 1.807) is 0 Å². The molecule has 0 aromatic heterocycles. The van der Waals surface area contributed by atoms with Crippen molar-refractivity contribution in [3.8, 4) is 5.75 Å². The van der Waals surface area contributed by atoms with Crippen LogP contribution in [0.4, 0.5) is 0 Å². The Morgan fingerprint density at radius 2 is 1.67 bits per heavy atom. The summed E-state index contributed by atoms with van der Waals surface area (Å²) in [6, 6.07) is 15.8. The normalized spacial score (nSPS) is 11.8. The first-order valence-corrected chi connectivity index (χ1v) is 7.09. The van der Waals surface area contributed by atoms with Gasteiger partial charge in [0.2, 0.25) is 5.91 Å². The van der Waals surface area contributed by atoms with E-state index in [9.17, 15) is 4.79 Å². The summed E-state index contributed by atoms with van der Waals surface area (Å²) in [7, 11) is 0. The highest BCUT2D eigenvalue weighted by molar-refractivity contribution is 5.73. The Labute approximate surface area is 126 Å². The number of nitrogens with one attached hydrogen (secondary N) is 1. The summed E-state index contributed by atoms with van der Waals surface area (Å²) in [5, 5.41) is 2.94. The van der Waals surface area contributed by atoms with Gasteiger partial charge in [0, 0.05) is 6.92 Å². The highest BCUT2D eigenvalue weighted by atomic mass is 16.5. The van der Waals surface area contributed by atoms with E-state index < -0.39 is 0 Å². The lowest BCUT2D eigenvalue weighted by atomic mass is 10.1. The first-order valence-electron chi connectivity index (χ1n) is 7.09. The van der Waals surface area contributed by atoms with Gasteiger partial charge in [-0.2, -0.15) is 0 Å². The Balaban J connectivity index is 2.15. The van der Waals surface area contributed by atoms with Gasteiger partial charge in [0.25, 0.3) is 0 Å². The van der Waals surface area contributed by atoms with Gasteiger partial charge in [0.15, 0.2) is 0 Å². The van der Waals surface area contributed by atoms with E-state index in [2.05, 4.69) is 5.32 Å². The number of aryl methyl sites for hydroxylation is 2. The molecule has 2 aromatic rings. The molecular weight excluding hydrogens is 262 g/mol. The molecule has 1 atom stereocenters. The van der Waals surface area contributed by atoms with E-state index in [0.29, 0.717) is 6.61 Å². The minimum absolute atomic E-state index is 0.0611. The summed E-state index contributed by atoms with van der Waals surface area (Å²) in [4.78, 5) is 11.4. The van der Waals surface area contributed by atoms with Crippen molar-refractivity contribution in [2.24, 2.45) is 0 Å². The Bertz CT molecular complexity index is 588. The van der Waals surface area contributed by atoms with Crippen molar-refractivity contribution in [1.82, 2.24) is 5.32 Å². The molecule has 0 aliphatic rings. The number of carbonyl (C=O) groups excluding carboxylic acids is 1. The number of carbonyl (C=O) groups is 1. The summed E-state index contributed by atoms with van der Waals surface area (Å²) >= 11 is 0. The van der Waals surface area contributed by atoms with Crippen molar-refractivity contribution < 1.29 is 9.53 Å². The second kappa shape index (κ2) is 6.93. The molecule has 0 spiro atoms. The number of rotatable bonds is 5. The second-order valence-corrected chi connectivity index (χ2v) is 5.20. The summed E-state index contributed by atoms with van der Waals surface area (Å²) < 4.78 is 5.97. The van der Waals surface area contributed by atoms with Crippen LogP contribution >= 0.6 is 0 Å². The molecule has 0 bridgehead atoms. The van der Waals surface area contributed by atoms with Crippen molar-refractivity contribution in [1.29, 1.82) is 0 Å². The largest absolute Gasteiger partial charge is 0.491 e. The summed E-state index contributed by atoms with van der Waals surface area (Å²) in [6.07, 6.45) is 0. The molecular formula is C18H21NO2. The number of ether oxygens (including phenoxy) is 1. The van der Waals surface area contributed by atoms with Crippen LogP contribution in [-0.4, -0.2) is 12.5 Å². The molecule has 3 heteroatoms. The molecule has 0 saturated heterocycles. The van der Waals surface area contributed by atoms with Crippen molar-refractivity contribution in [2.45, 2.75) is 26.8 Å². The number of para-hydroxylation sites is 1.